The van der Waals surface area contributed by atoms with Crippen LogP contribution in [0.3, 0.4) is 0 Å². The number of hydrogen-bond donors (Lipinski definition) is 4. The molecule has 0 radical (unpaired) electrons. The normalized spacial score (nSPS) is 11.4. The van der Waals surface area contributed by atoms with Crippen LogP contribution in [0.4, 0.5) is 0 Å². The van der Waals surface area contributed by atoms with Gasteiger partial charge in [-0.15, -0.1) is 0 Å². The molecule has 10 nitrogen and oxygen atoms in total. The van der Waals surface area contributed by atoms with Gasteiger partial charge in [0.05, 0.1) is 6.42 Å². The van der Waals surface area contributed by atoms with Gasteiger partial charge < -0.3 is 25.8 Å². The lowest BCUT2D eigenvalue weighted by atomic mass is 10.0. The number of amides is 3. The summed E-state index contributed by atoms with van der Waals surface area (Å²) in [6, 6.07) is -0.981. The average molecular weight is 680 g/mol. The maximum atomic E-state index is 12.9. The van der Waals surface area contributed by atoms with Gasteiger partial charge in [0.15, 0.2) is 0 Å². The first-order valence-electron chi connectivity index (χ1n) is 19.1. The molecular formula is C38H69N3O7. The Bertz CT molecular complexity index is 897. The highest BCUT2D eigenvalue weighted by molar-refractivity contribution is 5.89. The Kier molecular flexibility index (Phi) is 30.6. The number of aliphatic carboxylic acids is 1. The van der Waals surface area contributed by atoms with Gasteiger partial charge in [0, 0.05) is 32.4 Å². The Balaban J connectivity index is 4.45. The molecule has 0 fully saturated rings. The van der Waals surface area contributed by atoms with Crippen LogP contribution in [0.15, 0.2) is 11.6 Å². The monoisotopic (exact) mass is 680 g/mol. The van der Waals surface area contributed by atoms with Crippen molar-refractivity contribution >= 4 is 29.7 Å². The first-order chi connectivity index (χ1) is 23.2. The summed E-state index contributed by atoms with van der Waals surface area (Å²) in [4.78, 5) is 60.7. The zero-order chi connectivity index (χ0) is 35.7. The third kappa shape index (κ3) is 29.2. The summed E-state index contributed by atoms with van der Waals surface area (Å²) in [6.07, 6.45) is 23.5. The lowest BCUT2D eigenvalue weighted by molar-refractivity contribution is -0.142. The topological polar surface area (TPSA) is 151 Å². The molecule has 0 aromatic carbocycles. The lowest BCUT2D eigenvalue weighted by Gasteiger charge is -2.18. The van der Waals surface area contributed by atoms with Gasteiger partial charge in [-0.2, -0.15) is 0 Å². The van der Waals surface area contributed by atoms with Gasteiger partial charge in [0.1, 0.15) is 12.6 Å². The van der Waals surface area contributed by atoms with E-state index in [1.54, 1.807) is 0 Å². The van der Waals surface area contributed by atoms with Crippen LogP contribution in [0, 0.1) is 0 Å². The second-order valence-electron chi connectivity index (χ2n) is 12.9. The Hall–Kier alpha value is -2.91. The van der Waals surface area contributed by atoms with Gasteiger partial charge in [-0.05, 0) is 51.0 Å². The molecule has 0 aliphatic carbocycles. The van der Waals surface area contributed by atoms with Crippen molar-refractivity contribution in [3.05, 3.63) is 11.6 Å². The SMILES string of the molecule is CCCCCCCCCCCCCCNC(=O)CCC(NC(=O)CCC(=O)O)C(=O)NCCCC(=O)OCC=C(CCCC)CCCC. The molecule has 0 aromatic rings. The van der Waals surface area contributed by atoms with Crippen LogP contribution in [0.1, 0.15) is 175 Å². The third-order valence-corrected chi connectivity index (χ3v) is 8.41. The Morgan fingerprint density at radius 2 is 1.12 bits per heavy atom. The van der Waals surface area contributed by atoms with E-state index >= 15 is 0 Å². The number of hydrogen-bond acceptors (Lipinski definition) is 6. The van der Waals surface area contributed by atoms with Crippen LogP contribution >= 0.6 is 0 Å². The molecule has 4 N–H and O–H groups in total. The molecule has 278 valence electrons. The predicted molar refractivity (Wildman–Crippen MR) is 192 cm³/mol. The number of ether oxygens (including phenoxy) is 1. The Morgan fingerprint density at radius 1 is 0.583 bits per heavy atom. The maximum Gasteiger partial charge on any atom is 0.306 e. The number of carbonyl (C=O) groups is 5. The number of unbranched alkanes of at least 4 members (excludes halogenated alkanes) is 13. The molecule has 3 amide bonds. The van der Waals surface area contributed by atoms with Crippen molar-refractivity contribution in [1.29, 1.82) is 0 Å². The van der Waals surface area contributed by atoms with Crippen molar-refractivity contribution in [3.8, 4) is 0 Å². The minimum absolute atomic E-state index is 0.0495. The molecule has 0 heterocycles. The van der Waals surface area contributed by atoms with Crippen LogP contribution in [-0.4, -0.2) is 60.5 Å². The van der Waals surface area contributed by atoms with E-state index in [1.807, 2.05) is 6.08 Å². The van der Waals surface area contributed by atoms with Crippen molar-refractivity contribution in [3.63, 3.8) is 0 Å². The van der Waals surface area contributed by atoms with E-state index in [1.165, 1.54) is 63.4 Å². The molecule has 0 saturated carbocycles. The fourth-order valence-corrected chi connectivity index (χ4v) is 5.34. The lowest BCUT2D eigenvalue weighted by Crippen LogP contribution is -2.47. The molecule has 1 unspecified atom stereocenters. The minimum atomic E-state index is -1.11. The third-order valence-electron chi connectivity index (χ3n) is 8.41. The molecule has 0 aliphatic rings. The van der Waals surface area contributed by atoms with E-state index in [4.69, 9.17) is 9.84 Å². The molecule has 0 bridgehead atoms. The largest absolute Gasteiger partial charge is 0.481 e. The molecule has 48 heavy (non-hydrogen) atoms. The van der Waals surface area contributed by atoms with Gasteiger partial charge in [-0.1, -0.05) is 110 Å². The first kappa shape index (κ1) is 45.1. The number of carbonyl (C=O) groups excluding carboxylic acids is 4. The standard InChI is InChI=1S/C38H69N3O7/c1-4-7-10-11-12-13-14-15-16-17-18-19-29-39-34(42)25-24-33(41-35(43)26-27-36(44)45)38(47)40-30-20-23-37(46)48-31-28-32(21-8-5-2)22-9-6-3/h28,33H,4-27,29-31H2,1-3H3,(H,39,42)(H,40,47)(H,41,43)(H,44,45). The minimum Gasteiger partial charge on any atom is -0.481 e. The Morgan fingerprint density at radius 3 is 1.69 bits per heavy atom. The number of esters is 1. The van der Waals surface area contributed by atoms with Crippen molar-refractivity contribution in [2.75, 3.05) is 19.7 Å². The highest BCUT2D eigenvalue weighted by Gasteiger charge is 2.22. The number of nitrogens with one attached hydrogen (secondary N) is 3. The zero-order valence-electron chi connectivity index (χ0n) is 30.6. The van der Waals surface area contributed by atoms with E-state index < -0.39 is 23.8 Å². The molecule has 1 atom stereocenters. The summed E-state index contributed by atoms with van der Waals surface area (Å²) in [7, 11) is 0. The summed E-state index contributed by atoms with van der Waals surface area (Å²) < 4.78 is 5.36. The van der Waals surface area contributed by atoms with Crippen molar-refractivity contribution in [2.24, 2.45) is 0 Å². The van der Waals surface area contributed by atoms with Crippen LogP contribution < -0.4 is 16.0 Å². The first-order valence-corrected chi connectivity index (χ1v) is 19.1. The quantitative estimate of drug-likeness (QED) is 0.0316. The zero-order valence-corrected chi connectivity index (χ0v) is 30.6. The van der Waals surface area contributed by atoms with E-state index in [0.717, 1.165) is 57.8 Å². The molecule has 0 rings (SSSR count). The van der Waals surface area contributed by atoms with E-state index in [0.29, 0.717) is 13.0 Å². The smallest absolute Gasteiger partial charge is 0.306 e. The van der Waals surface area contributed by atoms with Gasteiger partial charge in [-0.25, -0.2) is 0 Å². The highest BCUT2D eigenvalue weighted by atomic mass is 16.5. The van der Waals surface area contributed by atoms with Crippen LogP contribution in [0.5, 0.6) is 0 Å². The van der Waals surface area contributed by atoms with Gasteiger partial charge in [-0.3, -0.25) is 24.0 Å². The van der Waals surface area contributed by atoms with Gasteiger partial charge in [0.2, 0.25) is 17.7 Å². The summed E-state index contributed by atoms with van der Waals surface area (Å²) in [6.45, 7) is 7.58. The summed E-state index contributed by atoms with van der Waals surface area (Å²) in [5.41, 5.74) is 1.33. The van der Waals surface area contributed by atoms with Gasteiger partial charge in [0.25, 0.3) is 0 Å². The summed E-state index contributed by atoms with van der Waals surface area (Å²) in [5.74, 6) is -2.68. The molecule has 0 aromatic heterocycles. The van der Waals surface area contributed by atoms with Crippen molar-refractivity contribution in [2.45, 2.75) is 181 Å². The molecule has 0 aliphatic heterocycles. The second kappa shape index (κ2) is 32.6. The van der Waals surface area contributed by atoms with Crippen LogP contribution in [-0.2, 0) is 28.7 Å². The molecule has 0 saturated heterocycles. The van der Waals surface area contributed by atoms with Crippen LogP contribution in [0.25, 0.3) is 0 Å². The van der Waals surface area contributed by atoms with E-state index in [9.17, 15) is 24.0 Å². The van der Waals surface area contributed by atoms with Crippen LogP contribution in [0.2, 0.25) is 0 Å². The summed E-state index contributed by atoms with van der Waals surface area (Å²) in [5, 5.41) is 17.1. The molecule has 10 heteroatoms. The fourth-order valence-electron chi connectivity index (χ4n) is 5.34. The maximum absolute atomic E-state index is 12.9. The number of rotatable bonds is 33. The average Bonchev–Trinajstić information content (AvgIpc) is 3.06. The van der Waals surface area contributed by atoms with Gasteiger partial charge >= 0.3 is 11.9 Å². The Labute approximate surface area is 291 Å². The number of allylic oxidation sites excluding steroid dienone is 1. The number of carboxylic acids is 1. The summed E-state index contributed by atoms with van der Waals surface area (Å²) >= 11 is 0. The van der Waals surface area contributed by atoms with E-state index in [2.05, 4.69) is 36.7 Å². The van der Waals surface area contributed by atoms with Crippen molar-refractivity contribution in [1.82, 2.24) is 16.0 Å². The fraction of sp³-hybridized carbons (Fsp3) is 0.816. The van der Waals surface area contributed by atoms with Crippen molar-refractivity contribution < 1.29 is 33.8 Å². The molecular weight excluding hydrogens is 610 g/mol. The molecule has 0 spiro atoms. The van der Waals surface area contributed by atoms with E-state index in [-0.39, 0.29) is 57.1 Å². The predicted octanol–water partition coefficient (Wildman–Crippen LogP) is 7.68. The highest BCUT2D eigenvalue weighted by Crippen LogP contribution is 2.15. The second-order valence-corrected chi connectivity index (χ2v) is 12.9. The number of carboxylic acid groups (broad SMARTS) is 1.